The molecular weight excluding hydrogens is 546 g/mol. The predicted octanol–water partition coefficient (Wildman–Crippen LogP) is 7.23. The van der Waals surface area contributed by atoms with Crippen molar-refractivity contribution in [2.45, 2.75) is 91.8 Å². The van der Waals surface area contributed by atoms with Crippen molar-refractivity contribution in [2.24, 2.45) is 16.2 Å². The molecule has 42 heavy (non-hydrogen) atoms. The third kappa shape index (κ3) is 6.75. The number of nitrogens with zero attached hydrogens (tertiary/aromatic N) is 1. The molecule has 1 heterocycles. The van der Waals surface area contributed by atoms with Gasteiger partial charge in [-0.05, 0) is 73.7 Å². The van der Waals surface area contributed by atoms with Crippen LogP contribution in [-0.2, 0) is 14.3 Å². The van der Waals surface area contributed by atoms with Crippen LogP contribution in [0.3, 0.4) is 0 Å². The molecule has 1 aliphatic heterocycles. The number of ketones is 1. The summed E-state index contributed by atoms with van der Waals surface area (Å²) in [7, 11) is -0.429. The Balaban J connectivity index is 1.89. The van der Waals surface area contributed by atoms with Crippen molar-refractivity contribution >= 4 is 20.2 Å². The summed E-state index contributed by atoms with van der Waals surface area (Å²) < 4.78 is 24.4. The van der Waals surface area contributed by atoms with Crippen molar-refractivity contribution in [1.29, 1.82) is 5.26 Å². The Morgan fingerprint density at radius 2 is 1.71 bits per heavy atom. The van der Waals surface area contributed by atoms with Gasteiger partial charge in [-0.1, -0.05) is 65.8 Å². The summed E-state index contributed by atoms with van der Waals surface area (Å²) in [4.78, 5) is 13.7. The largest absolute Gasteiger partial charge is 0.541 e. The van der Waals surface area contributed by atoms with Gasteiger partial charge in [0.1, 0.15) is 5.75 Å². The van der Waals surface area contributed by atoms with Gasteiger partial charge in [-0.3, -0.25) is 4.79 Å². The number of nitriles is 1. The van der Waals surface area contributed by atoms with E-state index in [0.29, 0.717) is 36.7 Å². The number of aliphatic hydroxyl groups is 1. The van der Waals surface area contributed by atoms with E-state index in [1.165, 1.54) is 0 Å². The monoisotopic (exact) mass is 595 g/mol. The molecule has 0 aromatic heterocycles. The smallest absolute Gasteiger partial charge is 0.250 e. The van der Waals surface area contributed by atoms with E-state index in [-0.39, 0.29) is 10.8 Å². The normalized spacial score (nSPS) is 24.5. The van der Waals surface area contributed by atoms with E-state index in [9.17, 15) is 15.2 Å². The molecule has 1 aliphatic carbocycles. The molecule has 8 heteroatoms. The molecule has 2 aliphatic rings. The van der Waals surface area contributed by atoms with Crippen molar-refractivity contribution in [3.63, 3.8) is 0 Å². The summed E-state index contributed by atoms with van der Waals surface area (Å²) in [5.41, 5.74) is -0.955. The lowest BCUT2D eigenvalue weighted by atomic mass is 9.64. The molecule has 1 N–H and O–H groups in total. The molecule has 0 saturated carbocycles. The molecule has 1 fully saturated rings. The first-order valence-corrected chi connectivity index (χ1v) is 17.5. The average molecular weight is 596 g/mol. The molecule has 7 nitrogen and oxygen atoms in total. The van der Waals surface area contributed by atoms with Crippen LogP contribution < -0.4 is 9.16 Å². The zero-order valence-corrected chi connectivity index (χ0v) is 28.3. The Kier molecular flexibility index (Phi) is 9.46. The van der Waals surface area contributed by atoms with Gasteiger partial charge in [0.15, 0.2) is 11.5 Å². The van der Waals surface area contributed by atoms with Gasteiger partial charge in [0.05, 0.1) is 43.5 Å². The number of hydrogen-bond donors (Lipinski definition) is 1. The molecule has 1 aromatic carbocycles. The van der Waals surface area contributed by atoms with Crippen molar-refractivity contribution < 1.29 is 28.5 Å². The fourth-order valence-corrected chi connectivity index (χ4v) is 6.46. The minimum absolute atomic E-state index is 0.0485. The second-order valence-corrected chi connectivity index (χ2v) is 19.3. The Labute approximate surface area is 253 Å². The van der Waals surface area contributed by atoms with E-state index in [2.05, 4.69) is 39.9 Å². The van der Waals surface area contributed by atoms with Crippen LogP contribution in [-0.4, -0.2) is 51.4 Å². The summed E-state index contributed by atoms with van der Waals surface area (Å²) in [6, 6.07) is 7.92. The minimum atomic E-state index is -2.06. The number of aliphatic hydroxyl groups excluding tert-OH is 1. The third-order valence-corrected chi connectivity index (χ3v) is 13.5. The number of hydrogen-bond acceptors (Lipinski definition) is 7. The van der Waals surface area contributed by atoms with Crippen LogP contribution in [0, 0.1) is 27.6 Å². The first kappa shape index (κ1) is 33.8. The SMILES string of the molecule is COc1cc(C=CC2(C(C)(C)C(=O)C=CC3(C)C=C(C#N)C(O)C(C)(C)C3)OCCO2)ccc1O[Si](C)(C)C(C)(C)C. The fourth-order valence-electron chi connectivity index (χ4n) is 5.43. The number of allylic oxidation sites excluding steroid dienone is 3. The van der Waals surface area contributed by atoms with Crippen molar-refractivity contribution in [2.75, 3.05) is 20.3 Å². The number of carbonyl (C=O) groups is 1. The predicted molar refractivity (Wildman–Crippen MR) is 169 cm³/mol. The highest BCUT2D eigenvalue weighted by Gasteiger charge is 2.52. The molecule has 0 spiro atoms. The quantitative estimate of drug-likeness (QED) is 0.237. The van der Waals surface area contributed by atoms with Crippen LogP contribution in [0.2, 0.25) is 18.1 Å². The molecule has 3 rings (SSSR count). The number of ether oxygens (including phenoxy) is 3. The van der Waals surface area contributed by atoms with E-state index in [0.717, 1.165) is 5.56 Å². The molecule has 2 unspecified atom stereocenters. The molecule has 1 saturated heterocycles. The highest BCUT2D eigenvalue weighted by Crippen LogP contribution is 2.47. The summed E-state index contributed by atoms with van der Waals surface area (Å²) >= 11 is 0. The van der Waals surface area contributed by atoms with Gasteiger partial charge in [0.2, 0.25) is 5.79 Å². The first-order valence-electron chi connectivity index (χ1n) is 14.6. The summed E-state index contributed by atoms with van der Waals surface area (Å²) in [5.74, 6) is -0.0810. The van der Waals surface area contributed by atoms with Gasteiger partial charge in [-0.15, -0.1) is 0 Å². The molecule has 1 aromatic rings. The van der Waals surface area contributed by atoms with Gasteiger partial charge < -0.3 is 23.7 Å². The lowest BCUT2D eigenvalue weighted by Crippen LogP contribution is -2.48. The van der Waals surface area contributed by atoms with Crippen LogP contribution in [0.15, 0.2) is 48.1 Å². The second kappa shape index (κ2) is 11.8. The maximum atomic E-state index is 13.7. The maximum absolute atomic E-state index is 13.7. The molecule has 2 atom stereocenters. The second-order valence-electron chi connectivity index (χ2n) is 14.6. The van der Waals surface area contributed by atoms with Crippen molar-refractivity contribution in [3.8, 4) is 17.6 Å². The summed E-state index contributed by atoms with van der Waals surface area (Å²) in [6.45, 7) is 21.2. The summed E-state index contributed by atoms with van der Waals surface area (Å²) in [5, 5.41) is 20.2. The van der Waals surface area contributed by atoms with E-state index in [4.69, 9.17) is 18.6 Å². The number of rotatable bonds is 9. The maximum Gasteiger partial charge on any atom is 0.250 e. The topological polar surface area (TPSA) is 98.0 Å². The van der Waals surface area contributed by atoms with Gasteiger partial charge in [-0.25, -0.2) is 0 Å². The van der Waals surface area contributed by atoms with Crippen molar-refractivity contribution in [3.05, 3.63) is 53.6 Å². The van der Waals surface area contributed by atoms with Gasteiger partial charge >= 0.3 is 0 Å². The van der Waals surface area contributed by atoms with Crippen LogP contribution in [0.5, 0.6) is 11.5 Å². The highest BCUT2D eigenvalue weighted by molar-refractivity contribution is 6.74. The van der Waals surface area contributed by atoms with Gasteiger partial charge in [0.25, 0.3) is 8.32 Å². The van der Waals surface area contributed by atoms with Crippen molar-refractivity contribution in [1.82, 2.24) is 0 Å². The van der Waals surface area contributed by atoms with E-state index < -0.39 is 36.5 Å². The average Bonchev–Trinajstić information content (AvgIpc) is 3.38. The summed E-state index contributed by atoms with van der Waals surface area (Å²) in [6.07, 6.45) is 8.61. The van der Waals surface area contributed by atoms with Crippen LogP contribution in [0.25, 0.3) is 6.08 Å². The lowest BCUT2D eigenvalue weighted by Gasteiger charge is -2.42. The van der Waals surface area contributed by atoms with E-state index in [1.807, 2.05) is 71.0 Å². The molecule has 0 radical (unpaired) electrons. The molecule has 230 valence electrons. The number of carbonyl (C=O) groups excluding carboxylic acids is 1. The highest BCUT2D eigenvalue weighted by atomic mass is 28.4. The Bertz CT molecular complexity index is 1300. The lowest BCUT2D eigenvalue weighted by molar-refractivity contribution is -0.191. The Morgan fingerprint density at radius 1 is 1.10 bits per heavy atom. The van der Waals surface area contributed by atoms with Gasteiger partial charge in [0, 0.05) is 5.41 Å². The van der Waals surface area contributed by atoms with Crippen LogP contribution in [0.1, 0.15) is 67.4 Å². The molecule has 0 amide bonds. The van der Waals surface area contributed by atoms with Gasteiger partial charge in [-0.2, -0.15) is 5.26 Å². The van der Waals surface area contributed by atoms with E-state index >= 15 is 0 Å². The number of benzene rings is 1. The fraction of sp³-hybridized carbons (Fsp3) is 0.588. The Morgan fingerprint density at radius 3 is 2.26 bits per heavy atom. The standard InChI is InChI=1S/C34H49NO6Si/c1-30(2,3)42(10,11)41-26-13-12-24(20-27(26)38-9)14-17-34(39-18-19-40-34)32(6,7)28(36)15-16-33(8)21-25(22-35)29(37)31(4,5)23-33/h12-17,20-21,29,37H,18-19,23H2,1-11H3. The van der Waals surface area contributed by atoms with E-state index in [1.54, 1.807) is 19.3 Å². The molecular formula is C34H49NO6Si. The Hall–Kier alpha value is -2.70. The first-order chi connectivity index (χ1) is 19.2. The minimum Gasteiger partial charge on any atom is -0.541 e. The zero-order valence-electron chi connectivity index (χ0n) is 27.3. The van der Waals surface area contributed by atoms with Crippen LogP contribution >= 0.6 is 0 Å². The van der Waals surface area contributed by atoms with Crippen LogP contribution in [0.4, 0.5) is 0 Å². The molecule has 0 bridgehead atoms. The number of methoxy groups -OCH3 is 1. The third-order valence-electron chi connectivity index (χ3n) is 9.16. The zero-order chi connectivity index (χ0) is 31.8.